The Morgan fingerprint density at radius 1 is 1.42 bits per heavy atom. The van der Waals surface area contributed by atoms with Crippen molar-refractivity contribution >= 4 is 23.2 Å². The molecule has 3 N–H and O–H groups in total. The minimum Gasteiger partial charge on any atom is -0.398 e. The van der Waals surface area contributed by atoms with Crippen molar-refractivity contribution in [3.8, 4) is 6.07 Å². The lowest BCUT2D eigenvalue weighted by molar-refractivity contribution is -0.135. The van der Waals surface area contributed by atoms with Crippen LogP contribution >= 0.6 is 0 Å². The lowest BCUT2D eigenvalue weighted by Crippen LogP contribution is -2.64. The number of nitriles is 1. The Labute approximate surface area is 110 Å². The molecule has 1 saturated heterocycles. The van der Waals surface area contributed by atoms with Gasteiger partial charge in [-0.1, -0.05) is 0 Å². The Morgan fingerprint density at radius 2 is 2.11 bits per heavy atom. The van der Waals surface area contributed by atoms with Gasteiger partial charge >= 0.3 is 0 Å². The number of piperazine rings is 1. The van der Waals surface area contributed by atoms with Gasteiger partial charge in [0.15, 0.2) is 0 Å². The van der Waals surface area contributed by atoms with Crippen LogP contribution < -0.4 is 16.0 Å². The van der Waals surface area contributed by atoms with Crippen molar-refractivity contribution in [1.29, 1.82) is 5.26 Å². The number of nitrogens with one attached hydrogen (secondary N) is 1. The van der Waals surface area contributed by atoms with Crippen LogP contribution in [0.25, 0.3) is 0 Å². The van der Waals surface area contributed by atoms with Crippen LogP contribution in [0, 0.1) is 11.3 Å². The first-order valence-electron chi connectivity index (χ1n) is 5.78. The first kappa shape index (κ1) is 12.9. The summed E-state index contributed by atoms with van der Waals surface area (Å²) in [5, 5.41) is 11.1. The summed E-state index contributed by atoms with van der Waals surface area (Å²) in [5.74, 6) is -0.709. The van der Waals surface area contributed by atoms with Crippen LogP contribution in [-0.2, 0) is 9.59 Å². The second-order valence-corrected chi connectivity index (χ2v) is 4.91. The lowest BCUT2D eigenvalue weighted by Gasteiger charge is -2.41. The third kappa shape index (κ3) is 2.10. The summed E-state index contributed by atoms with van der Waals surface area (Å²) in [6, 6.07) is 6.84. The molecule has 0 atom stereocenters. The maximum absolute atomic E-state index is 11.9. The Morgan fingerprint density at radius 3 is 2.68 bits per heavy atom. The second kappa shape index (κ2) is 4.28. The molecule has 0 radical (unpaired) electrons. The normalized spacial score (nSPS) is 17.8. The standard InChI is InChI=1S/C13H14N4O2/c1-13(2)12(19)16-11(18)7-17(13)9-4-3-8(6-14)10(15)5-9/h3-5H,7,15H2,1-2H3,(H,16,18,19). The van der Waals surface area contributed by atoms with Gasteiger partial charge in [0.25, 0.3) is 5.91 Å². The second-order valence-electron chi connectivity index (χ2n) is 4.91. The smallest absolute Gasteiger partial charge is 0.251 e. The molecule has 19 heavy (non-hydrogen) atoms. The molecular weight excluding hydrogens is 244 g/mol. The minimum atomic E-state index is -0.853. The third-order valence-electron chi connectivity index (χ3n) is 3.25. The molecule has 0 bridgehead atoms. The van der Waals surface area contributed by atoms with E-state index in [1.165, 1.54) is 0 Å². The van der Waals surface area contributed by atoms with Crippen LogP contribution in [0.1, 0.15) is 19.4 Å². The number of carbonyl (C=O) groups excluding carboxylic acids is 2. The van der Waals surface area contributed by atoms with E-state index in [4.69, 9.17) is 11.0 Å². The van der Waals surface area contributed by atoms with Gasteiger partial charge in [-0.05, 0) is 32.0 Å². The molecule has 98 valence electrons. The number of carbonyl (C=O) groups is 2. The molecule has 1 aromatic carbocycles. The summed E-state index contributed by atoms with van der Waals surface area (Å²) in [7, 11) is 0. The molecule has 1 aliphatic rings. The van der Waals surface area contributed by atoms with Gasteiger partial charge in [-0.2, -0.15) is 5.26 Å². The predicted octanol–water partition coefficient (Wildman–Crippen LogP) is 0.382. The molecule has 2 amide bonds. The van der Waals surface area contributed by atoms with Crippen LogP contribution in [-0.4, -0.2) is 23.9 Å². The van der Waals surface area contributed by atoms with Crippen molar-refractivity contribution < 1.29 is 9.59 Å². The number of nitrogens with two attached hydrogens (primary N) is 1. The fraction of sp³-hybridized carbons (Fsp3) is 0.308. The molecule has 0 saturated carbocycles. The zero-order valence-electron chi connectivity index (χ0n) is 10.7. The van der Waals surface area contributed by atoms with E-state index in [-0.39, 0.29) is 18.4 Å². The Balaban J connectivity index is 2.45. The average molecular weight is 258 g/mol. The van der Waals surface area contributed by atoms with Crippen LogP contribution in [0.15, 0.2) is 18.2 Å². The van der Waals surface area contributed by atoms with Gasteiger partial charge in [0.1, 0.15) is 11.6 Å². The molecule has 1 fully saturated rings. The maximum Gasteiger partial charge on any atom is 0.251 e. The SMILES string of the molecule is CC1(C)C(=O)NC(=O)CN1c1ccc(C#N)c(N)c1. The molecule has 1 heterocycles. The summed E-state index contributed by atoms with van der Waals surface area (Å²) in [5.41, 5.74) is 6.25. The number of nitrogen functional groups attached to an aromatic ring is 1. The number of amides is 2. The molecule has 0 spiro atoms. The van der Waals surface area contributed by atoms with E-state index in [1.807, 2.05) is 6.07 Å². The van der Waals surface area contributed by atoms with Gasteiger partial charge in [0.2, 0.25) is 5.91 Å². The summed E-state index contributed by atoms with van der Waals surface area (Å²) >= 11 is 0. The Bertz CT molecular complexity index is 601. The van der Waals surface area contributed by atoms with E-state index in [2.05, 4.69) is 5.32 Å². The number of rotatable bonds is 1. The highest BCUT2D eigenvalue weighted by Gasteiger charge is 2.41. The summed E-state index contributed by atoms with van der Waals surface area (Å²) in [6.07, 6.45) is 0. The lowest BCUT2D eigenvalue weighted by atomic mass is 9.97. The monoisotopic (exact) mass is 258 g/mol. The van der Waals surface area contributed by atoms with Gasteiger partial charge in [-0.3, -0.25) is 14.9 Å². The fourth-order valence-electron chi connectivity index (χ4n) is 2.02. The van der Waals surface area contributed by atoms with Crippen LogP contribution in [0.4, 0.5) is 11.4 Å². The largest absolute Gasteiger partial charge is 0.398 e. The fourth-order valence-corrected chi connectivity index (χ4v) is 2.02. The first-order valence-corrected chi connectivity index (χ1v) is 5.78. The molecule has 0 unspecified atom stereocenters. The average Bonchev–Trinajstić information content (AvgIpc) is 2.34. The number of hydrogen-bond donors (Lipinski definition) is 2. The summed E-state index contributed by atoms with van der Waals surface area (Å²) in [6.45, 7) is 3.52. The van der Waals surface area contributed by atoms with Crippen molar-refractivity contribution in [2.75, 3.05) is 17.2 Å². The topological polar surface area (TPSA) is 99.2 Å². The third-order valence-corrected chi connectivity index (χ3v) is 3.25. The van der Waals surface area contributed by atoms with Crippen LogP contribution in [0.2, 0.25) is 0 Å². The van der Waals surface area contributed by atoms with E-state index < -0.39 is 5.54 Å². The molecule has 2 rings (SSSR count). The zero-order chi connectivity index (χ0) is 14.2. The van der Waals surface area contributed by atoms with Crippen molar-refractivity contribution in [2.45, 2.75) is 19.4 Å². The molecule has 1 aromatic rings. The highest BCUT2D eigenvalue weighted by Crippen LogP contribution is 2.28. The molecule has 0 aromatic heterocycles. The number of imide groups is 1. The van der Waals surface area contributed by atoms with Gasteiger partial charge < -0.3 is 10.6 Å². The minimum absolute atomic E-state index is 0.0735. The number of anilines is 2. The number of hydrogen-bond acceptors (Lipinski definition) is 5. The quantitative estimate of drug-likeness (QED) is 0.560. The van der Waals surface area contributed by atoms with Crippen molar-refractivity contribution in [2.24, 2.45) is 0 Å². The zero-order valence-corrected chi connectivity index (χ0v) is 10.7. The Hall–Kier alpha value is -2.55. The van der Waals surface area contributed by atoms with Crippen LogP contribution in [0.5, 0.6) is 0 Å². The molecule has 0 aliphatic carbocycles. The molecule has 6 heteroatoms. The van der Waals surface area contributed by atoms with Gasteiger partial charge in [0, 0.05) is 5.69 Å². The van der Waals surface area contributed by atoms with Crippen LogP contribution in [0.3, 0.4) is 0 Å². The number of nitrogens with zero attached hydrogens (tertiary/aromatic N) is 2. The van der Waals surface area contributed by atoms with Gasteiger partial charge in [0.05, 0.1) is 17.8 Å². The predicted molar refractivity (Wildman–Crippen MR) is 70.1 cm³/mol. The van der Waals surface area contributed by atoms with Gasteiger partial charge in [-0.15, -0.1) is 0 Å². The maximum atomic E-state index is 11.9. The summed E-state index contributed by atoms with van der Waals surface area (Å²) < 4.78 is 0. The Kier molecular flexibility index (Phi) is 2.91. The molecular formula is C13H14N4O2. The molecule has 1 aliphatic heterocycles. The van der Waals surface area contributed by atoms with E-state index in [1.54, 1.807) is 36.9 Å². The van der Waals surface area contributed by atoms with E-state index in [0.717, 1.165) is 0 Å². The van der Waals surface area contributed by atoms with E-state index >= 15 is 0 Å². The first-order chi connectivity index (χ1) is 8.86. The van der Waals surface area contributed by atoms with E-state index in [9.17, 15) is 9.59 Å². The molecule has 6 nitrogen and oxygen atoms in total. The van der Waals surface area contributed by atoms with Crippen molar-refractivity contribution in [3.63, 3.8) is 0 Å². The van der Waals surface area contributed by atoms with Crippen molar-refractivity contribution in [3.05, 3.63) is 23.8 Å². The highest BCUT2D eigenvalue weighted by atomic mass is 16.2. The highest BCUT2D eigenvalue weighted by molar-refractivity contribution is 6.06. The number of benzene rings is 1. The summed E-state index contributed by atoms with van der Waals surface area (Å²) in [4.78, 5) is 25.0. The van der Waals surface area contributed by atoms with Crippen molar-refractivity contribution in [1.82, 2.24) is 5.32 Å². The van der Waals surface area contributed by atoms with E-state index in [0.29, 0.717) is 16.9 Å². The van der Waals surface area contributed by atoms with Gasteiger partial charge in [-0.25, -0.2) is 0 Å².